The number of likely N-dealkylation sites (N-methyl/N-ethyl adjacent to an activating group) is 1. The fourth-order valence-electron chi connectivity index (χ4n) is 0.919. The Morgan fingerprint density at radius 2 is 1.79 bits per heavy atom. The first-order valence-corrected chi connectivity index (χ1v) is 4.87. The van der Waals surface area contributed by atoms with Crippen molar-refractivity contribution in [2.24, 2.45) is 0 Å². The predicted octanol–water partition coefficient (Wildman–Crippen LogP) is 0.262. The van der Waals surface area contributed by atoms with Gasteiger partial charge >= 0.3 is 0 Å². The highest BCUT2D eigenvalue weighted by Gasteiger charge is 2.29. The lowest BCUT2D eigenvalue weighted by Gasteiger charge is -2.31. The van der Waals surface area contributed by atoms with Crippen LogP contribution in [0.2, 0.25) is 0 Å². The van der Waals surface area contributed by atoms with Gasteiger partial charge in [-0.3, -0.25) is 4.79 Å². The summed E-state index contributed by atoms with van der Waals surface area (Å²) >= 11 is 0. The highest BCUT2D eigenvalue weighted by molar-refractivity contribution is 5.85. The minimum absolute atomic E-state index is 0.0570. The number of amides is 1. The fraction of sp³-hybridized carbons (Fsp3) is 0.900. The normalized spacial score (nSPS) is 12.7. The van der Waals surface area contributed by atoms with E-state index in [1.54, 1.807) is 7.05 Å². The molecule has 0 aliphatic heterocycles. The summed E-state index contributed by atoms with van der Waals surface area (Å²) < 4.78 is 0. The molecule has 14 heavy (non-hydrogen) atoms. The van der Waals surface area contributed by atoms with Crippen molar-refractivity contribution in [1.29, 1.82) is 0 Å². The van der Waals surface area contributed by atoms with Gasteiger partial charge in [-0.1, -0.05) is 0 Å². The highest BCUT2D eigenvalue weighted by Crippen LogP contribution is 2.10. The molecule has 0 saturated heterocycles. The molecule has 0 aromatic rings. The minimum atomic E-state index is -0.577. The Bertz CT molecular complexity index is 200. The third-order valence-electron chi connectivity index (χ3n) is 2.38. The smallest absolute Gasteiger partial charge is 0.240 e. The Morgan fingerprint density at radius 3 is 2.14 bits per heavy atom. The van der Waals surface area contributed by atoms with Crippen molar-refractivity contribution in [3.05, 3.63) is 0 Å². The topological polar surface area (TPSA) is 61.4 Å². The van der Waals surface area contributed by atoms with Crippen LogP contribution in [0, 0.1) is 0 Å². The van der Waals surface area contributed by atoms with Crippen LogP contribution in [0.1, 0.15) is 34.1 Å². The largest absolute Gasteiger partial charge is 0.396 e. The summed E-state index contributed by atoms with van der Waals surface area (Å²) in [5, 5.41) is 14.6. The molecular weight excluding hydrogens is 180 g/mol. The second-order valence-corrected chi connectivity index (χ2v) is 4.69. The molecule has 0 aliphatic rings. The van der Waals surface area contributed by atoms with E-state index in [0.29, 0.717) is 6.42 Å². The Kier molecular flexibility index (Phi) is 4.55. The van der Waals surface area contributed by atoms with Crippen molar-refractivity contribution in [3.63, 3.8) is 0 Å². The number of nitrogens with one attached hydrogen (secondary N) is 2. The fourth-order valence-corrected chi connectivity index (χ4v) is 0.919. The van der Waals surface area contributed by atoms with Crippen molar-refractivity contribution < 1.29 is 9.90 Å². The number of aliphatic hydroxyl groups is 1. The molecule has 0 aliphatic carbocycles. The zero-order valence-electron chi connectivity index (χ0n) is 9.77. The van der Waals surface area contributed by atoms with Crippen LogP contribution in [0.15, 0.2) is 0 Å². The minimum Gasteiger partial charge on any atom is -0.396 e. The molecule has 0 saturated carbocycles. The molecule has 4 nitrogen and oxygen atoms in total. The number of carbonyl (C=O) groups is 1. The van der Waals surface area contributed by atoms with Gasteiger partial charge in [-0.15, -0.1) is 0 Å². The van der Waals surface area contributed by atoms with E-state index >= 15 is 0 Å². The molecule has 0 rings (SSSR count). The third kappa shape index (κ3) is 4.07. The molecule has 1 amide bonds. The molecule has 0 aromatic heterocycles. The second-order valence-electron chi connectivity index (χ2n) is 4.69. The van der Waals surface area contributed by atoms with Crippen LogP contribution in [-0.4, -0.2) is 35.7 Å². The van der Waals surface area contributed by atoms with Gasteiger partial charge in [0.2, 0.25) is 5.91 Å². The van der Waals surface area contributed by atoms with Crippen molar-refractivity contribution in [3.8, 4) is 0 Å². The Balaban J connectivity index is 4.31. The van der Waals surface area contributed by atoms with E-state index in [1.807, 2.05) is 27.7 Å². The van der Waals surface area contributed by atoms with E-state index in [1.165, 1.54) is 0 Å². The van der Waals surface area contributed by atoms with E-state index in [2.05, 4.69) is 10.6 Å². The van der Waals surface area contributed by atoms with Gasteiger partial charge in [0.25, 0.3) is 0 Å². The Labute approximate surface area is 86.1 Å². The van der Waals surface area contributed by atoms with Crippen LogP contribution in [-0.2, 0) is 4.79 Å². The number of aliphatic hydroxyl groups excluding tert-OH is 1. The van der Waals surface area contributed by atoms with Crippen molar-refractivity contribution in [1.82, 2.24) is 10.6 Å². The van der Waals surface area contributed by atoms with Gasteiger partial charge in [0.05, 0.1) is 5.54 Å². The Morgan fingerprint density at radius 1 is 1.29 bits per heavy atom. The lowest BCUT2D eigenvalue weighted by molar-refractivity contribution is -0.128. The van der Waals surface area contributed by atoms with Crippen molar-refractivity contribution in [2.45, 2.75) is 45.2 Å². The monoisotopic (exact) mass is 202 g/mol. The van der Waals surface area contributed by atoms with Crippen LogP contribution < -0.4 is 10.6 Å². The maximum Gasteiger partial charge on any atom is 0.240 e. The average molecular weight is 202 g/mol. The second kappa shape index (κ2) is 4.75. The van der Waals surface area contributed by atoms with Crippen LogP contribution in [0.25, 0.3) is 0 Å². The van der Waals surface area contributed by atoms with Gasteiger partial charge in [0.1, 0.15) is 0 Å². The molecule has 0 aromatic carbocycles. The van der Waals surface area contributed by atoms with Gasteiger partial charge < -0.3 is 15.7 Å². The maximum atomic E-state index is 11.7. The van der Waals surface area contributed by atoms with Gasteiger partial charge in [-0.2, -0.15) is 0 Å². The summed E-state index contributed by atoms with van der Waals surface area (Å²) in [5.74, 6) is -0.0570. The maximum absolute atomic E-state index is 11.7. The summed E-state index contributed by atoms with van der Waals surface area (Å²) in [6.45, 7) is 7.50. The van der Waals surface area contributed by atoms with Crippen LogP contribution in [0.3, 0.4) is 0 Å². The van der Waals surface area contributed by atoms with Crippen LogP contribution in [0.4, 0.5) is 0 Å². The third-order valence-corrected chi connectivity index (χ3v) is 2.38. The number of carbonyl (C=O) groups excluding carboxylic acids is 1. The Hall–Kier alpha value is -0.610. The predicted molar refractivity (Wildman–Crippen MR) is 57.1 cm³/mol. The lowest BCUT2D eigenvalue weighted by atomic mass is 9.97. The lowest BCUT2D eigenvalue weighted by Crippen LogP contribution is -2.56. The molecule has 0 atom stereocenters. The summed E-state index contributed by atoms with van der Waals surface area (Å²) in [5.41, 5.74) is -0.938. The molecule has 0 fully saturated rings. The van der Waals surface area contributed by atoms with E-state index in [0.717, 1.165) is 0 Å². The van der Waals surface area contributed by atoms with Crippen LogP contribution in [0.5, 0.6) is 0 Å². The molecular formula is C10H22N2O2. The van der Waals surface area contributed by atoms with Crippen molar-refractivity contribution in [2.75, 3.05) is 13.7 Å². The molecule has 0 heterocycles. The zero-order valence-corrected chi connectivity index (χ0v) is 9.77. The van der Waals surface area contributed by atoms with E-state index < -0.39 is 5.54 Å². The SMILES string of the molecule is CNC(C)(C)C(=O)NC(C)(C)CCO. The molecule has 0 radical (unpaired) electrons. The zero-order chi connectivity index (χ0) is 11.4. The summed E-state index contributed by atoms with van der Waals surface area (Å²) in [7, 11) is 1.75. The van der Waals surface area contributed by atoms with E-state index in [-0.39, 0.29) is 18.1 Å². The van der Waals surface area contributed by atoms with E-state index in [4.69, 9.17) is 5.11 Å². The molecule has 0 spiro atoms. The standard InChI is InChI=1S/C10H22N2O2/c1-9(2,6-7-13)12-8(14)10(3,4)11-5/h11,13H,6-7H2,1-5H3,(H,12,14). The summed E-state index contributed by atoms with van der Waals surface area (Å²) in [6, 6.07) is 0. The first-order valence-electron chi connectivity index (χ1n) is 4.87. The van der Waals surface area contributed by atoms with Crippen LogP contribution >= 0.6 is 0 Å². The van der Waals surface area contributed by atoms with Gasteiger partial charge in [-0.25, -0.2) is 0 Å². The van der Waals surface area contributed by atoms with Gasteiger partial charge in [-0.05, 0) is 41.2 Å². The van der Waals surface area contributed by atoms with Gasteiger partial charge in [0.15, 0.2) is 0 Å². The van der Waals surface area contributed by atoms with Crippen molar-refractivity contribution >= 4 is 5.91 Å². The first-order chi connectivity index (χ1) is 6.25. The molecule has 0 unspecified atom stereocenters. The van der Waals surface area contributed by atoms with Gasteiger partial charge in [0, 0.05) is 12.1 Å². The highest BCUT2D eigenvalue weighted by atomic mass is 16.3. The number of hydrogen-bond donors (Lipinski definition) is 3. The molecule has 3 N–H and O–H groups in total. The first kappa shape index (κ1) is 13.4. The number of hydrogen-bond acceptors (Lipinski definition) is 3. The average Bonchev–Trinajstić information content (AvgIpc) is 2.03. The summed E-state index contributed by atoms with van der Waals surface area (Å²) in [6.07, 6.45) is 0.554. The molecule has 0 bridgehead atoms. The summed E-state index contributed by atoms with van der Waals surface area (Å²) in [4.78, 5) is 11.7. The number of rotatable bonds is 5. The quantitative estimate of drug-likeness (QED) is 0.599. The molecule has 4 heteroatoms. The molecule has 84 valence electrons. The van der Waals surface area contributed by atoms with E-state index in [9.17, 15) is 4.79 Å².